The summed E-state index contributed by atoms with van der Waals surface area (Å²) in [6, 6.07) is 101. The first-order chi connectivity index (χ1) is 42.9. The highest BCUT2D eigenvalue weighted by Crippen LogP contribution is 2.50. The van der Waals surface area contributed by atoms with Crippen LogP contribution in [0.2, 0.25) is 0 Å². The smallest absolute Gasteiger partial charge is 0.249 e. The number of benzene rings is 12. The van der Waals surface area contributed by atoms with Gasteiger partial charge in [-0.2, -0.15) is 0 Å². The fourth-order valence-corrected chi connectivity index (χ4v) is 17.1. The van der Waals surface area contributed by atoms with E-state index >= 15 is 0 Å². The van der Waals surface area contributed by atoms with E-state index in [1.54, 1.807) is 0 Å². The molecule has 0 unspecified atom stereocenters. The maximum Gasteiger partial charge on any atom is 0.249 e. The molecule has 0 N–H and O–H groups in total. The van der Waals surface area contributed by atoms with Crippen molar-refractivity contribution in [1.82, 2.24) is 4.57 Å². The number of hydrogen-bond acceptors (Lipinski definition) is 5. The maximum atomic E-state index is 2.64. The molecule has 0 atom stereocenters. The van der Waals surface area contributed by atoms with Crippen LogP contribution in [0.3, 0.4) is 0 Å². The summed E-state index contributed by atoms with van der Waals surface area (Å²) in [6.07, 6.45) is 0. The van der Waals surface area contributed by atoms with Crippen LogP contribution in [0.1, 0.15) is 52.7 Å². The van der Waals surface area contributed by atoms with Crippen molar-refractivity contribution in [3.05, 3.63) is 278 Å². The molecule has 0 spiro atoms. The van der Waals surface area contributed by atoms with Crippen LogP contribution in [0.15, 0.2) is 287 Å². The Morgan fingerprint density at radius 1 is 0.341 bits per heavy atom. The molecule has 4 aliphatic rings. The molecule has 0 saturated heterocycles. The van der Waals surface area contributed by atoms with E-state index in [2.05, 4.69) is 328 Å². The molecule has 4 nitrogen and oxygen atoms in total. The number of anilines is 9. The van der Waals surface area contributed by atoms with Gasteiger partial charge in [0.2, 0.25) is 13.4 Å². The fraction of sp³-hybridized carbons (Fsp3) is 0.100. The molecule has 0 saturated carbocycles. The Bertz CT molecular complexity index is 4900. The van der Waals surface area contributed by atoms with Crippen molar-refractivity contribution >= 4 is 143 Å². The molecule has 0 aliphatic carbocycles. The lowest BCUT2D eigenvalue weighted by atomic mass is 9.32. The molecule has 0 fully saturated rings. The van der Waals surface area contributed by atoms with E-state index in [-0.39, 0.29) is 24.3 Å². The first kappa shape index (κ1) is 53.0. The molecule has 12 aromatic carbocycles. The molecule has 0 radical (unpaired) electrons. The zero-order chi connectivity index (χ0) is 59.2. The summed E-state index contributed by atoms with van der Waals surface area (Å²) in [6.45, 7) is 13.9. The normalized spacial score (nSPS) is 13.6. The van der Waals surface area contributed by atoms with Crippen LogP contribution in [-0.4, -0.2) is 18.0 Å². The van der Waals surface area contributed by atoms with E-state index in [4.69, 9.17) is 0 Å². The second-order valence-corrected chi connectivity index (χ2v) is 28.2. The first-order valence-electron chi connectivity index (χ1n) is 30.8. The van der Waals surface area contributed by atoms with Crippen molar-refractivity contribution in [2.75, 3.05) is 14.7 Å². The number of hydrogen-bond donors (Lipinski definition) is 0. The standard InChI is InChI=1S/C80H62B2N4S2/c1-79(2,3)52-39-41-67-60(43-52)61-44-53(80(4,5)6)40-42-68(61)86(67)58-46-72-78-76(48-58)88-74-50-73-64(49-65(74)82(78)63-35-21-24-38-70(63)85(72)56-31-17-10-18-32-56)81-62-34-20-23-37-69(62)84(55-29-15-9-16-30-55)71-45-57(47-75(87-73)77(71)81)83(54-27-13-8-14-28-54)66-36-22-19-33-59(66)51-25-11-7-12-26-51/h7-50H,1-6H3. The summed E-state index contributed by atoms with van der Waals surface area (Å²) in [5.74, 6) is 0. The summed E-state index contributed by atoms with van der Waals surface area (Å²) >= 11 is 3.89. The van der Waals surface area contributed by atoms with Crippen molar-refractivity contribution in [3.8, 4) is 16.8 Å². The Morgan fingerprint density at radius 3 is 1.35 bits per heavy atom. The molecule has 420 valence electrons. The number of para-hydroxylation sites is 6. The van der Waals surface area contributed by atoms with Crippen LogP contribution >= 0.6 is 23.5 Å². The van der Waals surface area contributed by atoms with E-state index in [1.807, 2.05) is 23.5 Å². The molecular weight excluding hydrogens is 1100 g/mol. The molecule has 0 bridgehead atoms. The molecule has 1 aromatic heterocycles. The van der Waals surface area contributed by atoms with Crippen LogP contribution in [0.5, 0.6) is 0 Å². The molecule has 17 rings (SSSR count). The number of nitrogens with zero attached hydrogens (tertiary/aromatic N) is 4. The first-order valence-corrected chi connectivity index (χ1v) is 32.4. The van der Waals surface area contributed by atoms with Gasteiger partial charge >= 0.3 is 0 Å². The third kappa shape index (κ3) is 8.32. The van der Waals surface area contributed by atoms with E-state index in [1.165, 1.54) is 119 Å². The predicted molar refractivity (Wildman–Crippen MR) is 378 cm³/mol. The summed E-state index contributed by atoms with van der Waals surface area (Å²) in [7, 11) is 0. The second kappa shape index (κ2) is 20.1. The van der Waals surface area contributed by atoms with Gasteiger partial charge in [0.1, 0.15) is 0 Å². The van der Waals surface area contributed by atoms with E-state index in [9.17, 15) is 0 Å². The van der Waals surface area contributed by atoms with Gasteiger partial charge in [0.15, 0.2) is 0 Å². The number of aromatic nitrogens is 1. The lowest BCUT2D eigenvalue weighted by Crippen LogP contribution is -2.63. The summed E-state index contributed by atoms with van der Waals surface area (Å²) in [5.41, 5.74) is 27.1. The Morgan fingerprint density at radius 2 is 0.807 bits per heavy atom. The van der Waals surface area contributed by atoms with Crippen LogP contribution in [0.4, 0.5) is 51.2 Å². The van der Waals surface area contributed by atoms with Crippen molar-refractivity contribution in [1.29, 1.82) is 0 Å². The minimum absolute atomic E-state index is 0.00680. The SMILES string of the molecule is CC(C)(C)c1ccc2c(c1)c1cc(C(C)(C)C)ccc1n2-c1cc2c3c(c1)N(c1ccccc1)c1ccccc1B3c1cc3c(cc1S2)Sc1cc(N(c2ccccc2)c2ccccc2-c2ccccc2)cc2c1B3c1ccccc1N2c1ccccc1. The van der Waals surface area contributed by atoms with Crippen LogP contribution in [0.25, 0.3) is 38.6 Å². The Hall–Kier alpha value is -9.33. The Kier molecular flexibility index (Phi) is 12.1. The molecule has 8 heteroatoms. The molecule has 0 amide bonds. The zero-order valence-corrected chi connectivity index (χ0v) is 51.8. The minimum Gasteiger partial charge on any atom is -0.311 e. The maximum absolute atomic E-state index is 2.64. The molecule has 88 heavy (non-hydrogen) atoms. The summed E-state index contributed by atoms with van der Waals surface area (Å²) < 4.78 is 2.56. The summed E-state index contributed by atoms with van der Waals surface area (Å²) in [4.78, 5) is 12.7. The molecule has 13 aromatic rings. The van der Waals surface area contributed by atoms with Crippen LogP contribution < -0.4 is 47.5 Å². The predicted octanol–water partition coefficient (Wildman–Crippen LogP) is 18.0. The van der Waals surface area contributed by atoms with Crippen LogP contribution in [0, 0.1) is 0 Å². The van der Waals surface area contributed by atoms with Gasteiger partial charge in [-0.1, -0.05) is 234 Å². The van der Waals surface area contributed by atoms with E-state index in [0.29, 0.717) is 0 Å². The van der Waals surface area contributed by atoms with Crippen molar-refractivity contribution < 1.29 is 0 Å². The molecular formula is C80H62B2N4S2. The van der Waals surface area contributed by atoms with Gasteiger partial charge in [-0.15, -0.1) is 0 Å². The third-order valence-corrected chi connectivity index (χ3v) is 21.0. The van der Waals surface area contributed by atoms with Crippen molar-refractivity contribution in [2.24, 2.45) is 0 Å². The second-order valence-electron chi connectivity index (χ2n) is 26.1. The average molecular weight is 1170 g/mol. The zero-order valence-electron chi connectivity index (χ0n) is 50.2. The Labute approximate surface area is 525 Å². The lowest BCUT2D eigenvalue weighted by Gasteiger charge is -2.43. The summed E-state index contributed by atoms with van der Waals surface area (Å²) in [5, 5.41) is 2.58. The van der Waals surface area contributed by atoms with Gasteiger partial charge in [0, 0.05) is 87.1 Å². The highest BCUT2D eigenvalue weighted by atomic mass is 32.2. The number of fused-ring (bicyclic) bond motifs is 11. The van der Waals surface area contributed by atoms with Gasteiger partial charge < -0.3 is 19.3 Å². The van der Waals surface area contributed by atoms with Gasteiger partial charge in [-0.3, -0.25) is 0 Å². The van der Waals surface area contributed by atoms with Gasteiger partial charge in [0.25, 0.3) is 0 Å². The van der Waals surface area contributed by atoms with Gasteiger partial charge in [0.05, 0.1) is 16.7 Å². The fourth-order valence-electron chi connectivity index (χ4n) is 14.6. The monoisotopic (exact) mass is 1160 g/mol. The van der Waals surface area contributed by atoms with Gasteiger partial charge in [-0.05, 0) is 159 Å². The minimum atomic E-state index is -0.0284. The van der Waals surface area contributed by atoms with E-state index < -0.39 is 0 Å². The van der Waals surface area contributed by atoms with Crippen molar-refractivity contribution in [2.45, 2.75) is 72.0 Å². The average Bonchev–Trinajstić information content (AvgIpc) is 1.12. The highest BCUT2D eigenvalue weighted by molar-refractivity contribution is 8.01. The topological polar surface area (TPSA) is 14.7 Å². The van der Waals surface area contributed by atoms with E-state index in [0.717, 1.165) is 34.1 Å². The van der Waals surface area contributed by atoms with Gasteiger partial charge in [-0.25, -0.2) is 0 Å². The third-order valence-electron chi connectivity index (χ3n) is 18.7. The molecule has 5 heterocycles. The molecule has 4 aliphatic heterocycles. The largest absolute Gasteiger partial charge is 0.311 e. The Balaban J connectivity index is 0.901. The lowest BCUT2D eigenvalue weighted by molar-refractivity contribution is 0.590. The quantitative estimate of drug-likeness (QED) is 0.147. The number of rotatable bonds is 7. The highest BCUT2D eigenvalue weighted by Gasteiger charge is 2.46. The van der Waals surface area contributed by atoms with Crippen molar-refractivity contribution in [3.63, 3.8) is 0 Å². The van der Waals surface area contributed by atoms with Crippen LogP contribution in [-0.2, 0) is 10.8 Å².